The first-order valence-electron chi connectivity index (χ1n) is 9.77. The molecule has 2 heterocycles. The van der Waals surface area contributed by atoms with E-state index in [0.29, 0.717) is 26.1 Å². The summed E-state index contributed by atoms with van der Waals surface area (Å²) < 4.78 is 0. The number of likely N-dealkylation sites (N-methyl/N-ethyl adjacent to an activating group) is 1. The van der Waals surface area contributed by atoms with Gasteiger partial charge in [-0.1, -0.05) is 30.3 Å². The van der Waals surface area contributed by atoms with Crippen molar-refractivity contribution in [2.45, 2.75) is 37.8 Å². The quantitative estimate of drug-likeness (QED) is 0.717. The first-order valence-corrected chi connectivity index (χ1v) is 9.77. The fraction of sp³-hybridized carbons (Fsp3) is 0.476. The SMILES string of the molecule is CN(Cc1cnc(N)nc1)C[C@@]1(O)CCCN(CCCc2ccccc2)C1=O. The molecule has 1 aliphatic heterocycles. The van der Waals surface area contributed by atoms with Crippen LogP contribution in [-0.2, 0) is 17.8 Å². The fourth-order valence-electron chi connectivity index (χ4n) is 3.80. The number of carbonyl (C=O) groups excluding carboxylic acids is 1. The van der Waals surface area contributed by atoms with E-state index >= 15 is 0 Å². The molecule has 2 aromatic rings. The summed E-state index contributed by atoms with van der Waals surface area (Å²) in [5, 5.41) is 11.0. The van der Waals surface area contributed by atoms with E-state index in [0.717, 1.165) is 24.8 Å². The van der Waals surface area contributed by atoms with Gasteiger partial charge in [-0.3, -0.25) is 9.69 Å². The molecule has 1 aliphatic rings. The molecule has 0 radical (unpaired) electrons. The van der Waals surface area contributed by atoms with Crippen LogP contribution in [0.15, 0.2) is 42.7 Å². The van der Waals surface area contributed by atoms with Gasteiger partial charge in [0.15, 0.2) is 5.60 Å². The van der Waals surface area contributed by atoms with Gasteiger partial charge >= 0.3 is 0 Å². The number of rotatable bonds is 8. The molecule has 150 valence electrons. The maximum Gasteiger partial charge on any atom is 0.255 e. The molecule has 3 rings (SSSR count). The average molecular weight is 383 g/mol. The topological polar surface area (TPSA) is 95.6 Å². The van der Waals surface area contributed by atoms with Crippen LogP contribution in [0.5, 0.6) is 0 Å². The second-order valence-corrected chi connectivity index (χ2v) is 7.64. The highest BCUT2D eigenvalue weighted by molar-refractivity contribution is 5.86. The van der Waals surface area contributed by atoms with Gasteiger partial charge in [0.05, 0.1) is 0 Å². The zero-order valence-corrected chi connectivity index (χ0v) is 16.4. The molecule has 3 N–H and O–H groups in total. The zero-order valence-electron chi connectivity index (χ0n) is 16.4. The number of aromatic nitrogens is 2. The summed E-state index contributed by atoms with van der Waals surface area (Å²) in [7, 11) is 1.88. The van der Waals surface area contributed by atoms with E-state index in [1.54, 1.807) is 12.4 Å². The van der Waals surface area contributed by atoms with Crippen molar-refractivity contribution >= 4 is 11.9 Å². The van der Waals surface area contributed by atoms with Gasteiger partial charge in [-0.2, -0.15) is 0 Å². The summed E-state index contributed by atoms with van der Waals surface area (Å²) in [6.45, 7) is 2.21. The van der Waals surface area contributed by atoms with Crippen LogP contribution in [-0.4, -0.2) is 63.1 Å². The number of hydrogen-bond donors (Lipinski definition) is 2. The smallest absolute Gasteiger partial charge is 0.255 e. The molecule has 0 aliphatic carbocycles. The molecule has 0 bridgehead atoms. The summed E-state index contributed by atoms with van der Waals surface area (Å²) in [6.07, 6.45) is 6.46. The number of likely N-dealkylation sites (tertiary alicyclic amines) is 1. The monoisotopic (exact) mass is 383 g/mol. The number of nitrogens with zero attached hydrogens (tertiary/aromatic N) is 4. The van der Waals surface area contributed by atoms with Gasteiger partial charge in [0.2, 0.25) is 5.95 Å². The van der Waals surface area contributed by atoms with Crippen molar-refractivity contribution in [3.8, 4) is 0 Å². The Morgan fingerprint density at radius 1 is 1.21 bits per heavy atom. The number of carbonyl (C=O) groups is 1. The maximum absolute atomic E-state index is 12.9. The highest BCUT2D eigenvalue weighted by Crippen LogP contribution is 2.24. The van der Waals surface area contributed by atoms with Crippen LogP contribution >= 0.6 is 0 Å². The molecular weight excluding hydrogens is 354 g/mol. The Labute approximate surface area is 166 Å². The Morgan fingerprint density at radius 2 is 1.93 bits per heavy atom. The normalized spacial score (nSPS) is 20.0. The van der Waals surface area contributed by atoms with E-state index in [4.69, 9.17) is 5.73 Å². The Bertz CT molecular complexity index is 768. The van der Waals surface area contributed by atoms with Crippen LogP contribution in [0.25, 0.3) is 0 Å². The predicted molar refractivity (Wildman–Crippen MR) is 108 cm³/mol. The van der Waals surface area contributed by atoms with Crippen LogP contribution in [0.1, 0.15) is 30.4 Å². The molecule has 1 aromatic heterocycles. The van der Waals surface area contributed by atoms with Crippen LogP contribution in [0, 0.1) is 0 Å². The third kappa shape index (κ3) is 5.27. The van der Waals surface area contributed by atoms with Crippen LogP contribution in [0.4, 0.5) is 5.95 Å². The van der Waals surface area contributed by atoms with Gasteiger partial charge in [0.25, 0.3) is 5.91 Å². The number of amides is 1. The van der Waals surface area contributed by atoms with E-state index in [1.807, 2.05) is 35.0 Å². The van der Waals surface area contributed by atoms with E-state index in [2.05, 4.69) is 22.1 Å². The molecule has 0 saturated carbocycles. The van der Waals surface area contributed by atoms with Crippen molar-refractivity contribution in [1.82, 2.24) is 19.8 Å². The van der Waals surface area contributed by atoms with E-state index in [9.17, 15) is 9.90 Å². The third-order valence-electron chi connectivity index (χ3n) is 5.15. The lowest BCUT2D eigenvalue weighted by Crippen LogP contribution is -2.58. The van der Waals surface area contributed by atoms with Gasteiger partial charge in [0, 0.05) is 44.1 Å². The zero-order chi connectivity index (χ0) is 20.0. The van der Waals surface area contributed by atoms with Crippen molar-refractivity contribution < 1.29 is 9.90 Å². The minimum absolute atomic E-state index is 0.160. The largest absolute Gasteiger partial charge is 0.379 e. The standard InChI is InChI=1S/C21H29N5O2/c1-25(15-18-13-23-20(22)24-14-18)16-21(28)10-6-12-26(19(21)27)11-5-9-17-7-3-2-4-8-17/h2-4,7-8,13-14,28H,5-6,9-12,15-16H2,1H3,(H2,22,23,24)/t21-/m0/s1. The van der Waals surface area contributed by atoms with Crippen molar-refractivity contribution in [1.29, 1.82) is 0 Å². The second-order valence-electron chi connectivity index (χ2n) is 7.64. The molecule has 1 fully saturated rings. The molecule has 1 aromatic carbocycles. The minimum Gasteiger partial charge on any atom is -0.379 e. The number of nitrogen functional groups attached to an aromatic ring is 1. The lowest BCUT2D eigenvalue weighted by atomic mass is 9.90. The molecule has 7 heteroatoms. The Balaban J connectivity index is 1.53. The maximum atomic E-state index is 12.9. The second kappa shape index (κ2) is 9.12. The molecule has 28 heavy (non-hydrogen) atoms. The Morgan fingerprint density at radius 3 is 2.64 bits per heavy atom. The lowest BCUT2D eigenvalue weighted by molar-refractivity contribution is -0.159. The number of benzene rings is 1. The number of aryl methyl sites for hydroxylation is 1. The number of hydrogen-bond acceptors (Lipinski definition) is 6. The van der Waals surface area contributed by atoms with Gasteiger partial charge in [-0.05, 0) is 38.3 Å². The first kappa shape index (κ1) is 20.2. The molecule has 1 amide bonds. The number of nitrogens with two attached hydrogens (primary N) is 1. The summed E-state index contributed by atoms with van der Waals surface area (Å²) in [6, 6.07) is 10.3. The molecule has 0 unspecified atom stereocenters. The average Bonchev–Trinajstić information content (AvgIpc) is 2.68. The van der Waals surface area contributed by atoms with Crippen molar-refractivity contribution in [2.75, 3.05) is 32.4 Å². The number of anilines is 1. The van der Waals surface area contributed by atoms with Gasteiger partial charge in [-0.15, -0.1) is 0 Å². The van der Waals surface area contributed by atoms with Crippen LogP contribution in [0.2, 0.25) is 0 Å². The highest BCUT2D eigenvalue weighted by atomic mass is 16.3. The van der Waals surface area contributed by atoms with Crippen LogP contribution in [0.3, 0.4) is 0 Å². The lowest BCUT2D eigenvalue weighted by Gasteiger charge is -2.40. The van der Waals surface area contributed by atoms with E-state index in [1.165, 1.54) is 5.56 Å². The van der Waals surface area contributed by atoms with E-state index in [-0.39, 0.29) is 18.4 Å². The Hall–Kier alpha value is -2.51. The first-order chi connectivity index (χ1) is 13.5. The third-order valence-corrected chi connectivity index (χ3v) is 5.15. The van der Waals surface area contributed by atoms with Crippen molar-refractivity contribution in [3.63, 3.8) is 0 Å². The van der Waals surface area contributed by atoms with Crippen molar-refractivity contribution in [3.05, 3.63) is 53.9 Å². The van der Waals surface area contributed by atoms with Gasteiger partial charge in [-0.25, -0.2) is 9.97 Å². The van der Waals surface area contributed by atoms with Gasteiger partial charge < -0.3 is 15.7 Å². The fourth-order valence-corrected chi connectivity index (χ4v) is 3.80. The highest BCUT2D eigenvalue weighted by Gasteiger charge is 2.42. The minimum atomic E-state index is -1.34. The van der Waals surface area contributed by atoms with Crippen molar-refractivity contribution in [2.24, 2.45) is 0 Å². The van der Waals surface area contributed by atoms with E-state index < -0.39 is 5.60 Å². The summed E-state index contributed by atoms with van der Waals surface area (Å²) in [5.74, 6) is 0.0749. The number of aliphatic hydroxyl groups is 1. The molecule has 1 atom stereocenters. The summed E-state index contributed by atoms with van der Waals surface area (Å²) in [5.41, 5.74) is 6.34. The summed E-state index contributed by atoms with van der Waals surface area (Å²) in [4.78, 5) is 24.6. The molecule has 7 nitrogen and oxygen atoms in total. The van der Waals surface area contributed by atoms with Gasteiger partial charge in [0.1, 0.15) is 0 Å². The molecule has 0 spiro atoms. The number of piperidine rings is 1. The molecule has 1 saturated heterocycles. The summed E-state index contributed by atoms with van der Waals surface area (Å²) >= 11 is 0. The van der Waals surface area contributed by atoms with Crippen LogP contribution < -0.4 is 5.73 Å². The molecular formula is C21H29N5O2. The Kier molecular flexibility index (Phi) is 6.59. The predicted octanol–water partition coefficient (Wildman–Crippen LogP) is 1.48.